The van der Waals surface area contributed by atoms with Gasteiger partial charge >= 0.3 is 6.02 Å². The number of carbonyl (C=O) groups is 1. The summed E-state index contributed by atoms with van der Waals surface area (Å²) in [6, 6.07) is 12.8. The van der Waals surface area contributed by atoms with Gasteiger partial charge in [0, 0.05) is 5.56 Å². The Labute approximate surface area is 189 Å². The molecule has 1 atom stereocenters. The molecule has 32 heavy (non-hydrogen) atoms. The van der Waals surface area contributed by atoms with E-state index < -0.39 is 21.9 Å². The molecule has 0 aliphatic carbocycles. The average Bonchev–Trinajstić information content (AvgIpc) is 3.17. The summed E-state index contributed by atoms with van der Waals surface area (Å²) in [7, 11) is 0. The zero-order valence-corrected chi connectivity index (χ0v) is 18.7. The van der Waals surface area contributed by atoms with Crippen LogP contribution in [0.4, 0.5) is 8.78 Å². The van der Waals surface area contributed by atoms with Crippen LogP contribution in [0.25, 0.3) is 0 Å². The quantitative estimate of drug-likeness (QED) is 0.726. The SMILES string of the molecule is CC1(C)COC(N2N=C(c3cc(F)ccc3F)SC2(CCCN)c2ccccc2)=NC1=O. The molecule has 2 aliphatic rings. The van der Waals surface area contributed by atoms with Crippen LogP contribution in [0, 0.1) is 17.0 Å². The van der Waals surface area contributed by atoms with Gasteiger partial charge in [0.1, 0.15) is 28.2 Å². The molecule has 0 aromatic heterocycles. The lowest BCUT2D eigenvalue weighted by atomic mass is 9.93. The number of hydrazone groups is 1. The van der Waals surface area contributed by atoms with E-state index in [2.05, 4.69) is 10.1 Å². The van der Waals surface area contributed by atoms with Gasteiger partial charge in [-0.25, -0.2) is 8.78 Å². The second kappa shape index (κ2) is 8.63. The molecule has 168 valence electrons. The summed E-state index contributed by atoms with van der Waals surface area (Å²) in [4.78, 5) is 15.9. The Balaban J connectivity index is 1.87. The largest absolute Gasteiger partial charge is 0.462 e. The topological polar surface area (TPSA) is 80.3 Å². The van der Waals surface area contributed by atoms with E-state index in [4.69, 9.17) is 10.5 Å². The number of benzene rings is 2. The van der Waals surface area contributed by atoms with E-state index in [1.807, 2.05) is 30.3 Å². The Morgan fingerprint density at radius 2 is 1.94 bits per heavy atom. The Morgan fingerprint density at radius 3 is 2.62 bits per heavy atom. The number of nitrogens with zero attached hydrogens (tertiary/aromatic N) is 3. The van der Waals surface area contributed by atoms with Crippen molar-refractivity contribution in [2.24, 2.45) is 21.2 Å². The van der Waals surface area contributed by atoms with Gasteiger partial charge in [-0.15, -0.1) is 0 Å². The van der Waals surface area contributed by atoms with Gasteiger partial charge in [-0.1, -0.05) is 42.1 Å². The van der Waals surface area contributed by atoms with E-state index in [-0.39, 0.29) is 29.1 Å². The molecule has 6 nitrogen and oxygen atoms in total. The van der Waals surface area contributed by atoms with Gasteiger partial charge in [0.05, 0.1) is 5.41 Å². The molecule has 2 heterocycles. The fourth-order valence-electron chi connectivity index (χ4n) is 3.57. The molecule has 0 bridgehead atoms. The first-order valence-electron chi connectivity index (χ1n) is 10.3. The molecule has 4 rings (SSSR count). The monoisotopic (exact) mass is 458 g/mol. The number of hydrogen-bond acceptors (Lipinski definition) is 6. The molecule has 0 radical (unpaired) electrons. The van der Waals surface area contributed by atoms with Crippen LogP contribution in [0.5, 0.6) is 0 Å². The maximum absolute atomic E-state index is 14.6. The van der Waals surface area contributed by atoms with E-state index in [0.717, 1.165) is 23.8 Å². The highest BCUT2D eigenvalue weighted by molar-refractivity contribution is 8.15. The van der Waals surface area contributed by atoms with E-state index in [9.17, 15) is 13.6 Å². The Bertz CT molecular complexity index is 1090. The molecule has 2 aromatic carbocycles. The number of amides is 1. The van der Waals surface area contributed by atoms with Crippen LogP contribution in [0.15, 0.2) is 58.6 Å². The average molecular weight is 459 g/mol. The molecule has 1 unspecified atom stereocenters. The van der Waals surface area contributed by atoms with Gasteiger partial charge in [0.2, 0.25) is 0 Å². The number of ether oxygens (including phenoxy) is 1. The first-order chi connectivity index (χ1) is 15.3. The Kier molecular flexibility index (Phi) is 6.05. The van der Waals surface area contributed by atoms with Crippen molar-refractivity contribution in [2.75, 3.05) is 13.2 Å². The summed E-state index contributed by atoms with van der Waals surface area (Å²) >= 11 is 1.27. The summed E-state index contributed by atoms with van der Waals surface area (Å²) in [5.41, 5.74) is 5.96. The number of nitrogens with two attached hydrogens (primary N) is 1. The maximum Gasteiger partial charge on any atom is 0.318 e. The maximum atomic E-state index is 14.6. The van der Waals surface area contributed by atoms with E-state index in [0.29, 0.717) is 19.4 Å². The fourth-order valence-corrected chi connectivity index (χ4v) is 4.99. The lowest BCUT2D eigenvalue weighted by Crippen LogP contribution is -2.47. The molecule has 0 fully saturated rings. The van der Waals surface area contributed by atoms with Crippen LogP contribution >= 0.6 is 11.8 Å². The van der Waals surface area contributed by atoms with Crippen LogP contribution in [-0.2, 0) is 14.4 Å². The first-order valence-corrected chi connectivity index (χ1v) is 11.1. The third-order valence-corrected chi connectivity index (χ3v) is 6.87. The van der Waals surface area contributed by atoms with E-state index >= 15 is 0 Å². The number of carbonyl (C=O) groups excluding carboxylic acids is 1. The van der Waals surface area contributed by atoms with Crippen LogP contribution in [0.3, 0.4) is 0 Å². The third kappa shape index (κ3) is 4.02. The predicted octanol–water partition coefficient (Wildman–Crippen LogP) is 4.21. The number of amidine groups is 1. The number of aliphatic imine (C=N–C) groups is 1. The minimum absolute atomic E-state index is 0.0358. The van der Waals surface area contributed by atoms with Crippen molar-refractivity contribution < 1.29 is 18.3 Å². The van der Waals surface area contributed by atoms with Crippen molar-refractivity contribution in [2.45, 2.75) is 31.6 Å². The lowest BCUT2D eigenvalue weighted by molar-refractivity contribution is -0.129. The predicted molar refractivity (Wildman–Crippen MR) is 121 cm³/mol. The van der Waals surface area contributed by atoms with Gasteiger partial charge in [-0.05, 0) is 57.0 Å². The zero-order chi connectivity index (χ0) is 22.9. The standard InChI is InChI=1S/C23H24F2N4O2S/c1-22(2)14-31-21(27-20(22)30)29-23(11-6-12-26,15-7-4-3-5-8-15)32-19(28-29)17-13-16(24)9-10-18(17)25/h3-5,7-10,13H,6,11-12,14,26H2,1-2H3. The van der Waals surface area contributed by atoms with Crippen LogP contribution in [-0.4, -0.2) is 35.1 Å². The highest BCUT2D eigenvalue weighted by Crippen LogP contribution is 2.51. The van der Waals surface area contributed by atoms with Gasteiger partial charge in [-0.3, -0.25) is 4.79 Å². The lowest BCUT2D eigenvalue weighted by Gasteiger charge is -2.38. The second-order valence-electron chi connectivity index (χ2n) is 8.36. The number of thioether (sulfide) groups is 1. The number of hydrogen-bond donors (Lipinski definition) is 1. The molecular weight excluding hydrogens is 434 g/mol. The normalized spacial score (nSPS) is 22.4. The highest BCUT2D eigenvalue weighted by Gasteiger charge is 2.50. The smallest absolute Gasteiger partial charge is 0.318 e. The minimum atomic E-state index is -0.894. The number of halogens is 2. The van der Waals surface area contributed by atoms with E-state index in [1.54, 1.807) is 13.8 Å². The van der Waals surface area contributed by atoms with Gasteiger partial charge in [0.15, 0.2) is 0 Å². The Morgan fingerprint density at radius 1 is 1.19 bits per heavy atom. The van der Waals surface area contributed by atoms with Gasteiger partial charge < -0.3 is 10.5 Å². The minimum Gasteiger partial charge on any atom is -0.462 e. The molecule has 2 N–H and O–H groups in total. The second-order valence-corrected chi connectivity index (χ2v) is 9.62. The van der Waals surface area contributed by atoms with Crippen molar-refractivity contribution in [3.05, 3.63) is 71.3 Å². The molecule has 1 amide bonds. The summed E-state index contributed by atoms with van der Waals surface area (Å²) in [6.45, 7) is 4.06. The summed E-state index contributed by atoms with van der Waals surface area (Å²) in [5, 5.41) is 6.40. The highest BCUT2D eigenvalue weighted by atomic mass is 32.2. The third-order valence-electron chi connectivity index (χ3n) is 5.42. The van der Waals surface area contributed by atoms with E-state index in [1.165, 1.54) is 16.8 Å². The molecule has 0 saturated heterocycles. The first kappa shape index (κ1) is 22.4. The molecule has 0 saturated carbocycles. The van der Waals surface area contributed by atoms with Crippen molar-refractivity contribution in [1.82, 2.24) is 5.01 Å². The summed E-state index contributed by atoms with van der Waals surface area (Å²) < 4.78 is 34.5. The summed E-state index contributed by atoms with van der Waals surface area (Å²) in [6.07, 6.45) is 1.14. The van der Waals surface area contributed by atoms with Gasteiger partial charge in [-0.2, -0.15) is 15.1 Å². The molecule has 9 heteroatoms. The van der Waals surface area contributed by atoms with Crippen molar-refractivity contribution in [3.8, 4) is 0 Å². The Hall–Kier alpha value is -2.78. The molecule has 2 aromatic rings. The zero-order valence-electron chi connectivity index (χ0n) is 17.8. The van der Waals surface area contributed by atoms with Crippen LogP contribution < -0.4 is 5.73 Å². The van der Waals surface area contributed by atoms with Crippen LogP contribution in [0.2, 0.25) is 0 Å². The fraction of sp³-hybridized carbons (Fsp3) is 0.348. The number of rotatable bonds is 5. The van der Waals surface area contributed by atoms with Gasteiger partial charge in [0.25, 0.3) is 5.91 Å². The molecule has 0 spiro atoms. The van der Waals surface area contributed by atoms with Crippen molar-refractivity contribution >= 4 is 28.7 Å². The van der Waals surface area contributed by atoms with Crippen molar-refractivity contribution in [1.29, 1.82) is 0 Å². The van der Waals surface area contributed by atoms with Crippen LogP contribution in [0.1, 0.15) is 37.8 Å². The van der Waals surface area contributed by atoms with Crippen molar-refractivity contribution in [3.63, 3.8) is 0 Å². The molecular formula is C23H24F2N4O2S. The summed E-state index contributed by atoms with van der Waals surface area (Å²) in [5.74, 6) is -1.49. The molecule has 2 aliphatic heterocycles.